The quantitative estimate of drug-likeness (QED) is 0.561. The number of hydrogen-bond acceptors (Lipinski definition) is 5. The van der Waals surface area contributed by atoms with Gasteiger partial charge in [0.1, 0.15) is 11.6 Å². The van der Waals surface area contributed by atoms with E-state index in [0.717, 1.165) is 12.0 Å². The summed E-state index contributed by atoms with van der Waals surface area (Å²) in [5.41, 5.74) is 0.979. The zero-order valence-electron chi connectivity index (χ0n) is 16.8. The first-order valence-electron chi connectivity index (χ1n) is 8.82. The van der Waals surface area contributed by atoms with Crippen LogP contribution in [-0.4, -0.2) is 32.7 Å². The third-order valence-corrected chi connectivity index (χ3v) is 4.79. The average molecular weight is 411 g/mol. The van der Waals surface area contributed by atoms with Crippen molar-refractivity contribution in [2.24, 2.45) is 4.99 Å². The van der Waals surface area contributed by atoms with Gasteiger partial charge in [0.2, 0.25) is 5.89 Å². The van der Waals surface area contributed by atoms with E-state index >= 15 is 0 Å². The predicted octanol–water partition coefficient (Wildman–Crippen LogP) is 2.52. The van der Waals surface area contributed by atoms with Crippen molar-refractivity contribution < 1.29 is 17.2 Å². The highest BCUT2D eigenvalue weighted by Gasteiger charge is 2.19. The SMILES string of the molecule is CN=C(NCc1ncc(C(C)(C)C)o1)NCc1cc(F)ccc1CS(C)(=O)=O. The van der Waals surface area contributed by atoms with Gasteiger partial charge in [-0.3, -0.25) is 4.99 Å². The van der Waals surface area contributed by atoms with Gasteiger partial charge in [0.15, 0.2) is 15.8 Å². The van der Waals surface area contributed by atoms with Crippen molar-refractivity contribution in [3.05, 3.63) is 53.0 Å². The van der Waals surface area contributed by atoms with E-state index in [9.17, 15) is 12.8 Å². The Morgan fingerprint density at radius 3 is 2.46 bits per heavy atom. The van der Waals surface area contributed by atoms with Crippen LogP contribution in [0.4, 0.5) is 4.39 Å². The minimum Gasteiger partial charge on any atom is -0.443 e. The van der Waals surface area contributed by atoms with Crippen LogP contribution in [-0.2, 0) is 34.1 Å². The number of halogens is 1. The standard InChI is InChI=1S/C19H27FN4O3S/c1-19(2,3)16-10-22-17(27-16)11-24-18(21-4)23-9-14-8-15(20)7-6-13(14)12-28(5,25)26/h6-8,10H,9,11-12H2,1-5H3,(H2,21,23,24). The molecule has 2 rings (SSSR count). The van der Waals surface area contributed by atoms with Crippen LogP contribution in [0, 0.1) is 5.82 Å². The Labute approximate surface area is 165 Å². The van der Waals surface area contributed by atoms with E-state index in [2.05, 4.69) is 20.6 Å². The van der Waals surface area contributed by atoms with Crippen LogP contribution < -0.4 is 10.6 Å². The Kier molecular flexibility index (Phi) is 6.82. The Balaban J connectivity index is 2.01. The molecular formula is C19H27FN4O3S. The topological polar surface area (TPSA) is 96.6 Å². The molecule has 2 aromatic rings. The number of aliphatic imine (C=N–C) groups is 1. The van der Waals surface area contributed by atoms with Gasteiger partial charge in [-0.25, -0.2) is 17.8 Å². The van der Waals surface area contributed by atoms with Crippen molar-refractivity contribution in [1.82, 2.24) is 15.6 Å². The van der Waals surface area contributed by atoms with Crippen LogP contribution in [0.5, 0.6) is 0 Å². The number of nitrogens with zero attached hydrogens (tertiary/aromatic N) is 2. The third kappa shape index (κ3) is 6.63. The smallest absolute Gasteiger partial charge is 0.213 e. The molecule has 1 aromatic heterocycles. The maximum atomic E-state index is 13.6. The normalized spacial score (nSPS) is 12.9. The van der Waals surface area contributed by atoms with Crippen LogP contribution in [0.3, 0.4) is 0 Å². The number of hydrogen-bond donors (Lipinski definition) is 2. The van der Waals surface area contributed by atoms with Crippen LogP contribution in [0.2, 0.25) is 0 Å². The van der Waals surface area contributed by atoms with E-state index in [0.29, 0.717) is 29.5 Å². The highest BCUT2D eigenvalue weighted by Crippen LogP contribution is 2.22. The van der Waals surface area contributed by atoms with Crippen molar-refractivity contribution in [2.45, 2.75) is 45.0 Å². The maximum absolute atomic E-state index is 13.6. The second-order valence-electron chi connectivity index (χ2n) is 7.63. The van der Waals surface area contributed by atoms with Gasteiger partial charge < -0.3 is 15.1 Å². The highest BCUT2D eigenvalue weighted by molar-refractivity contribution is 7.89. The summed E-state index contributed by atoms with van der Waals surface area (Å²) in [6.45, 7) is 6.67. The lowest BCUT2D eigenvalue weighted by Crippen LogP contribution is -2.36. The Morgan fingerprint density at radius 2 is 1.89 bits per heavy atom. The molecule has 0 aliphatic heterocycles. The molecule has 0 aliphatic rings. The van der Waals surface area contributed by atoms with Gasteiger partial charge in [0.05, 0.1) is 18.5 Å². The number of sulfone groups is 1. The Hall–Kier alpha value is -2.42. The molecular weight excluding hydrogens is 383 g/mol. The highest BCUT2D eigenvalue weighted by atomic mass is 32.2. The molecule has 0 fully saturated rings. The van der Waals surface area contributed by atoms with Crippen LogP contribution in [0.25, 0.3) is 0 Å². The van der Waals surface area contributed by atoms with Gasteiger partial charge in [-0.15, -0.1) is 0 Å². The molecule has 0 unspecified atom stereocenters. The molecule has 0 spiro atoms. The van der Waals surface area contributed by atoms with E-state index in [1.807, 2.05) is 20.8 Å². The van der Waals surface area contributed by atoms with Crippen LogP contribution in [0.15, 0.2) is 33.8 Å². The summed E-state index contributed by atoms with van der Waals surface area (Å²) in [6, 6.07) is 4.07. The van der Waals surface area contributed by atoms with E-state index in [4.69, 9.17) is 4.42 Å². The molecule has 0 saturated carbocycles. The summed E-state index contributed by atoms with van der Waals surface area (Å²) in [5.74, 6) is 1.20. The fourth-order valence-electron chi connectivity index (χ4n) is 2.48. The van der Waals surface area contributed by atoms with Gasteiger partial charge in [-0.2, -0.15) is 0 Å². The first-order chi connectivity index (χ1) is 13.0. The molecule has 28 heavy (non-hydrogen) atoms. The Morgan fingerprint density at radius 1 is 1.21 bits per heavy atom. The van der Waals surface area contributed by atoms with E-state index in [1.165, 1.54) is 18.2 Å². The second kappa shape index (κ2) is 8.72. The molecule has 0 atom stereocenters. The molecule has 1 heterocycles. The summed E-state index contributed by atoms with van der Waals surface area (Å²) < 4.78 is 42.5. The molecule has 0 aliphatic carbocycles. The molecule has 9 heteroatoms. The zero-order valence-corrected chi connectivity index (χ0v) is 17.7. The van der Waals surface area contributed by atoms with Gasteiger partial charge in [0.25, 0.3) is 0 Å². The van der Waals surface area contributed by atoms with Crippen LogP contribution in [0.1, 0.15) is 43.5 Å². The lowest BCUT2D eigenvalue weighted by molar-refractivity contribution is 0.379. The predicted molar refractivity (Wildman–Crippen MR) is 107 cm³/mol. The minimum absolute atomic E-state index is 0.126. The van der Waals surface area contributed by atoms with Crippen molar-refractivity contribution in [1.29, 1.82) is 0 Å². The Bertz CT molecular complexity index is 946. The number of benzene rings is 1. The van der Waals surface area contributed by atoms with Gasteiger partial charge in [-0.1, -0.05) is 26.8 Å². The van der Waals surface area contributed by atoms with Crippen molar-refractivity contribution in [2.75, 3.05) is 13.3 Å². The number of guanidine groups is 1. The van der Waals surface area contributed by atoms with Crippen molar-refractivity contribution in [3.63, 3.8) is 0 Å². The first-order valence-corrected chi connectivity index (χ1v) is 10.9. The van der Waals surface area contributed by atoms with Crippen molar-refractivity contribution in [3.8, 4) is 0 Å². The molecule has 0 saturated heterocycles. The third-order valence-electron chi connectivity index (χ3n) is 3.96. The molecule has 2 N–H and O–H groups in total. The number of nitrogens with one attached hydrogen (secondary N) is 2. The molecule has 0 amide bonds. The number of aromatic nitrogens is 1. The fourth-order valence-corrected chi connectivity index (χ4v) is 3.33. The monoisotopic (exact) mass is 410 g/mol. The summed E-state index contributed by atoms with van der Waals surface area (Å²) in [4.78, 5) is 8.36. The summed E-state index contributed by atoms with van der Waals surface area (Å²) in [7, 11) is -1.62. The largest absolute Gasteiger partial charge is 0.443 e. The van der Waals surface area contributed by atoms with Crippen molar-refractivity contribution >= 4 is 15.8 Å². The summed E-state index contributed by atoms with van der Waals surface area (Å²) >= 11 is 0. The van der Waals surface area contributed by atoms with E-state index in [-0.39, 0.29) is 17.7 Å². The summed E-state index contributed by atoms with van der Waals surface area (Å²) in [5, 5.41) is 6.13. The molecule has 154 valence electrons. The molecule has 1 aromatic carbocycles. The van der Waals surface area contributed by atoms with Gasteiger partial charge >= 0.3 is 0 Å². The zero-order chi connectivity index (χ0) is 20.9. The van der Waals surface area contributed by atoms with Gasteiger partial charge in [0, 0.05) is 25.3 Å². The van der Waals surface area contributed by atoms with E-state index < -0.39 is 15.7 Å². The van der Waals surface area contributed by atoms with Crippen LogP contribution >= 0.6 is 0 Å². The number of oxazole rings is 1. The average Bonchev–Trinajstić information content (AvgIpc) is 3.05. The summed E-state index contributed by atoms with van der Waals surface area (Å²) in [6.07, 6.45) is 2.85. The van der Waals surface area contributed by atoms with Gasteiger partial charge in [-0.05, 0) is 23.3 Å². The second-order valence-corrected chi connectivity index (χ2v) is 9.77. The minimum atomic E-state index is -3.23. The maximum Gasteiger partial charge on any atom is 0.213 e. The fraction of sp³-hybridized carbons (Fsp3) is 0.474. The molecule has 0 bridgehead atoms. The number of rotatable bonds is 6. The lowest BCUT2D eigenvalue weighted by Gasteiger charge is -2.14. The molecule has 7 nitrogen and oxygen atoms in total. The molecule has 0 radical (unpaired) electrons. The van der Waals surface area contributed by atoms with E-state index in [1.54, 1.807) is 13.2 Å². The first kappa shape index (κ1) is 21.9. The lowest BCUT2D eigenvalue weighted by atomic mass is 9.94.